The van der Waals surface area contributed by atoms with Crippen molar-refractivity contribution in [1.82, 2.24) is 9.88 Å². The molecule has 0 bridgehead atoms. The smallest absolute Gasteiger partial charge is 0.255 e. The highest BCUT2D eigenvalue weighted by Gasteiger charge is 2.16. The van der Waals surface area contributed by atoms with Crippen LogP contribution in [0.4, 0.5) is 0 Å². The second-order valence-corrected chi connectivity index (χ2v) is 3.70. The van der Waals surface area contributed by atoms with E-state index >= 15 is 0 Å². The summed E-state index contributed by atoms with van der Waals surface area (Å²) in [4.78, 5) is 17.3. The van der Waals surface area contributed by atoms with E-state index in [2.05, 4.69) is 4.98 Å². The van der Waals surface area contributed by atoms with Gasteiger partial charge in [-0.25, -0.2) is 0 Å². The first-order valence-corrected chi connectivity index (χ1v) is 4.86. The maximum Gasteiger partial charge on any atom is 0.255 e. The molecule has 4 nitrogen and oxygen atoms in total. The summed E-state index contributed by atoms with van der Waals surface area (Å²) in [5, 5.41) is 8.95. The van der Waals surface area contributed by atoms with Crippen molar-refractivity contribution in [3.8, 4) is 0 Å². The third kappa shape index (κ3) is 2.76. The van der Waals surface area contributed by atoms with Crippen LogP contribution in [0.15, 0.2) is 18.5 Å². The minimum absolute atomic E-state index is 0.0402. The van der Waals surface area contributed by atoms with Crippen LogP contribution in [0.5, 0.6) is 0 Å². The van der Waals surface area contributed by atoms with Gasteiger partial charge in [-0.3, -0.25) is 9.78 Å². The maximum atomic E-state index is 11.9. The van der Waals surface area contributed by atoms with E-state index in [9.17, 15) is 4.79 Å². The standard InChI is InChI=1S/C11H16N2O2/c1-8-4-10(6-12-5-8)11(15)13(3)9(2)7-14/h4-6,9,14H,7H2,1-3H3. The summed E-state index contributed by atoms with van der Waals surface area (Å²) >= 11 is 0. The predicted molar refractivity (Wildman–Crippen MR) is 57.6 cm³/mol. The Bertz CT molecular complexity index is 352. The first kappa shape index (κ1) is 11.7. The molecule has 0 spiro atoms. The molecule has 1 N–H and O–H groups in total. The second kappa shape index (κ2) is 4.89. The number of carbonyl (C=O) groups excluding carboxylic acids is 1. The van der Waals surface area contributed by atoms with Crippen LogP contribution < -0.4 is 0 Å². The van der Waals surface area contributed by atoms with Crippen LogP contribution in [0.3, 0.4) is 0 Å². The largest absolute Gasteiger partial charge is 0.394 e. The molecule has 0 saturated heterocycles. The number of amides is 1. The number of rotatable bonds is 3. The number of aromatic nitrogens is 1. The molecule has 4 heteroatoms. The molecule has 0 aliphatic rings. The number of pyridine rings is 1. The molecule has 1 amide bonds. The summed E-state index contributed by atoms with van der Waals surface area (Å²) in [5.74, 6) is -0.118. The molecule has 1 heterocycles. The quantitative estimate of drug-likeness (QED) is 0.801. The van der Waals surface area contributed by atoms with Gasteiger partial charge in [0, 0.05) is 19.4 Å². The van der Waals surface area contributed by atoms with Gasteiger partial charge < -0.3 is 10.0 Å². The molecule has 15 heavy (non-hydrogen) atoms. The molecule has 1 rings (SSSR count). The third-order valence-corrected chi connectivity index (χ3v) is 2.37. The van der Waals surface area contributed by atoms with E-state index in [1.165, 1.54) is 11.1 Å². The molecule has 1 aromatic heterocycles. The zero-order valence-corrected chi connectivity index (χ0v) is 9.27. The monoisotopic (exact) mass is 208 g/mol. The molecule has 82 valence electrons. The molecule has 0 aromatic carbocycles. The summed E-state index contributed by atoms with van der Waals surface area (Å²) in [7, 11) is 1.67. The molecule has 0 aliphatic heterocycles. The first-order chi connectivity index (χ1) is 7.06. The fraction of sp³-hybridized carbons (Fsp3) is 0.455. The van der Waals surface area contributed by atoms with Crippen molar-refractivity contribution < 1.29 is 9.90 Å². The van der Waals surface area contributed by atoms with Crippen LogP contribution in [0.25, 0.3) is 0 Å². The van der Waals surface area contributed by atoms with E-state index in [1.54, 1.807) is 26.2 Å². The third-order valence-electron chi connectivity index (χ3n) is 2.37. The summed E-state index contributed by atoms with van der Waals surface area (Å²) in [6.07, 6.45) is 3.24. The van der Waals surface area contributed by atoms with Crippen molar-refractivity contribution in [2.24, 2.45) is 0 Å². The average Bonchev–Trinajstić information content (AvgIpc) is 2.26. The Morgan fingerprint density at radius 3 is 2.80 bits per heavy atom. The summed E-state index contributed by atoms with van der Waals surface area (Å²) < 4.78 is 0. The van der Waals surface area contributed by atoms with E-state index < -0.39 is 0 Å². The van der Waals surface area contributed by atoms with E-state index in [0.29, 0.717) is 5.56 Å². The van der Waals surface area contributed by atoms with Gasteiger partial charge in [-0.15, -0.1) is 0 Å². The van der Waals surface area contributed by atoms with Crippen molar-refractivity contribution in [1.29, 1.82) is 0 Å². The molecule has 0 radical (unpaired) electrons. The van der Waals surface area contributed by atoms with Gasteiger partial charge in [0.1, 0.15) is 0 Å². The Hall–Kier alpha value is -1.42. The van der Waals surface area contributed by atoms with Gasteiger partial charge in [0.25, 0.3) is 5.91 Å². The Kier molecular flexibility index (Phi) is 3.80. The fourth-order valence-electron chi connectivity index (χ4n) is 1.20. The van der Waals surface area contributed by atoms with E-state index in [4.69, 9.17) is 5.11 Å². The van der Waals surface area contributed by atoms with Gasteiger partial charge in [0.05, 0.1) is 18.2 Å². The van der Waals surface area contributed by atoms with Gasteiger partial charge >= 0.3 is 0 Å². The van der Waals surface area contributed by atoms with Gasteiger partial charge in [-0.1, -0.05) is 0 Å². The number of hydrogen-bond donors (Lipinski definition) is 1. The molecule has 0 fully saturated rings. The minimum atomic E-state index is -0.182. The molecular formula is C11H16N2O2. The average molecular weight is 208 g/mol. The summed E-state index contributed by atoms with van der Waals surface area (Å²) in [6, 6.07) is 1.61. The van der Waals surface area contributed by atoms with Crippen molar-refractivity contribution >= 4 is 5.91 Å². The number of nitrogens with zero attached hydrogens (tertiary/aromatic N) is 2. The minimum Gasteiger partial charge on any atom is -0.394 e. The lowest BCUT2D eigenvalue weighted by Gasteiger charge is -2.23. The van der Waals surface area contributed by atoms with E-state index in [0.717, 1.165) is 5.56 Å². The number of aliphatic hydroxyl groups excluding tert-OH is 1. The normalized spacial score (nSPS) is 12.3. The number of carbonyl (C=O) groups is 1. The lowest BCUT2D eigenvalue weighted by molar-refractivity contribution is 0.0681. The number of hydrogen-bond acceptors (Lipinski definition) is 3. The molecule has 1 atom stereocenters. The second-order valence-electron chi connectivity index (χ2n) is 3.70. The number of aliphatic hydroxyl groups is 1. The Morgan fingerprint density at radius 1 is 1.60 bits per heavy atom. The fourth-order valence-corrected chi connectivity index (χ4v) is 1.20. The summed E-state index contributed by atoms with van der Waals surface area (Å²) in [6.45, 7) is 3.64. The summed E-state index contributed by atoms with van der Waals surface area (Å²) in [5.41, 5.74) is 1.50. The highest BCUT2D eigenvalue weighted by molar-refractivity contribution is 5.94. The van der Waals surface area contributed by atoms with Gasteiger partial charge in [-0.05, 0) is 25.5 Å². The molecule has 1 unspecified atom stereocenters. The number of aryl methyl sites for hydroxylation is 1. The van der Waals surface area contributed by atoms with Crippen molar-refractivity contribution in [3.63, 3.8) is 0 Å². The molecule has 1 aromatic rings. The first-order valence-electron chi connectivity index (χ1n) is 4.86. The van der Waals surface area contributed by atoms with Gasteiger partial charge in [-0.2, -0.15) is 0 Å². The zero-order valence-electron chi connectivity index (χ0n) is 9.27. The van der Waals surface area contributed by atoms with Gasteiger partial charge in [0.15, 0.2) is 0 Å². The lowest BCUT2D eigenvalue weighted by atomic mass is 10.2. The number of likely N-dealkylation sites (N-methyl/N-ethyl adjacent to an activating group) is 1. The maximum absolute atomic E-state index is 11.9. The van der Waals surface area contributed by atoms with Crippen molar-refractivity contribution in [2.45, 2.75) is 19.9 Å². The Morgan fingerprint density at radius 2 is 2.27 bits per heavy atom. The van der Waals surface area contributed by atoms with Crippen LogP contribution in [0.1, 0.15) is 22.8 Å². The molecule has 0 saturated carbocycles. The van der Waals surface area contributed by atoms with Crippen LogP contribution in [0.2, 0.25) is 0 Å². The Labute approximate surface area is 89.6 Å². The highest BCUT2D eigenvalue weighted by atomic mass is 16.3. The molecule has 0 aliphatic carbocycles. The lowest BCUT2D eigenvalue weighted by Crippen LogP contribution is -2.37. The predicted octanol–water partition coefficient (Wildman–Crippen LogP) is 0.843. The zero-order chi connectivity index (χ0) is 11.4. The SMILES string of the molecule is Cc1cncc(C(=O)N(C)C(C)CO)c1. The van der Waals surface area contributed by atoms with Crippen LogP contribution in [-0.4, -0.2) is 40.6 Å². The van der Waals surface area contributed by atoms with Crippen LogP contribution in [0, 0.1) is 6.92 Å². The van der Waals surface area contributed by atoms with Crippen molar-refractivity contribution in [2.75, 3.05) is 13.7 Å². The van der Waals surface area contributed by atoms with Crippen LogP contribution in [-0.2, 0) is 0 Å². The Balaban J connectivity index is 2.85. The highest BCUT2D eigenvalue weighted by Crippen LogP contribution is 2.07. The topological polar surface area (TPSA) is 53.4 Å². The van der Waals surface area contributed by atoms with Crippen molar-refractivity contribution in [3.05, 3.63) is 29.6 Å². The van der Waals surface area contributed by atoms with Crippen LogP contribution >= 0.6 is 0 Å². The van der Waals surface area contributed by atoms with E-state index in [1.807, 2.05) is 6.92 Å². The molecular weight excluding hydrogens is 192 g/mol. The van der Waals surface area contributed by atoms with Gasteiger partial charge in [0.2, 0.25) is 0 Å². The van der Waals surface area contributed by atoms with E-state index in [-0.39, 0.29) is 18.6 Å².